The molecule has 0 fully saturated rings. The minimum Gasteiger partial charge on any atom is -0.361 e. The van der Waals surface area contributed by atoms with E-state index in [0.29, 0.717) is 10.6 Å². The maximum absolute atomic E-state index is 12.0. The molecule has 0 saturated carbocycles. The molecule has 24 heavy (non-hydrogen) atoms. The van der Waals surface area contributed by atoms with E-state index in [1.807, 2.05) is 24.3 Å². The molecule has 7 heteroatoms. The Bertz CT molecular complexity index is 921. The van der Waals surface area contributed by atoms with Crippen molar-refractivity contribution in [3.63, 3.8) is 0 Å². The second kappa shape index (κ2) is 6.95. The molecule has 0 bridgehead atoms. The van der Waals surface area contributed by atoms with Gasteiger partial charge in [0.15, 0.2) is 0 Å². The van der Waals surface area contributed by atoms with E-state index >= 15 is 0 Å². The summed E-state index contributed by atoms with van der Waals surface area (Å²) >= 11 is 11.7. The summed E-state index contributed by atoms with van der Waals surface area (Å²) in [4.78, 5) is 27.1. The summed E-state index contributed by atoms with van der Waals surface area (Å²) < 4.78 is 0. The van der Waals surface area contributed by atoms with Crippen LogP contribution in [0.15, 0.2) is 48.7 Å². The van der Waals surface area contributed by atoms with Gasteiger partial charge >= 0.3 is 0 Å². The molecule has 0 aliphatic heterocycles. The van der Waals surface area contributed by atoms with Gasteiger partial charge in [0.1, 0.15) is 0 Å². The summed E-state index contributed by atoms with van der Waals surface area (Å²) in [6.45, 7) is 0. The number of carbonyl (C=O) groups excluding carboxylic acids is 2. The largest absolute Gasteiger partial charge is 0.361 e. The lowest BCUT2D eigenvalue weighted by Crippen LogP contribution is -2.42. The number of benzene rings is 2. The van der Waals surface area contributed by atoms with Gasteiger partial charge < -0.3 is 4.98 Å². The maximum Gasteiger partial charge on any atom is 0.269 e. The van der Waals surface area contributed by atoms with Crippen LogP contribution in [-0.4, -0.2) is 16.8 Å². The van der Waals surface area contributed by atoms with E-state index in [9.17, 15) is 9.59 Å². The molecule has 0 atom stereocenters. The van der Waals surface area contributed by atoms with Crippen LogP contribution in [0.3, 0.4) is 0 Å². The van der Waals surface area contributed by atoms with Crippen LogP contribution in [0, 0.1) is 0 Å². The number of hydrazine groups is 1. The molecule has 0 aliphatic carbocycles. The summed E-state index contributed by atoms with van der Waals surface area (Å²) in [5, 5.41) is 1.61. The summed E-state index contributed by atoms with van der Waals surface area (Å²) in [5.41, 5.74) is 6.86. The zero-order valence-corrected chi connectivity index (χ0v) is 13.9. The lowest BCUT2D eigenvalue weighted by Gasteiger charge is -2.08. The minimum absolute atomic E-state index is 0.145. The van der Waals surface area contributed by atoms with Crippen LogP contribution in [-0.2, 0) is 11.2 Å². The summed E-state index contributed by atoms with van der Waals surface area (Å²) in [6.07, 6.45) is 1.93. The van der Waals surface area contributed by atoms with Crippen molar-refractivity contribution in [1.29, 1.82) is 0 Å². The predicted octanol–water partition coefficient (Wildman–Crippen LogP) is 3.48. The number of hydrogen-bond acceptors (Lipinski definition) is 2. The summed E-state index contributed by atoms with van der Waals surface area (Å²) in [5.74, 6) is -0.797. The minimum atomic E-state index is -0.471. The number of aromatic nitrogens is 1. The lowest BCUT2D eigenvalue weighted by molar-refractivity contribution is -0.121. The Morgan fingerprint density at radius 3 is 2.58 bits per heavy atom. The first-order valence-corrected chi connectivity index (χ1v) is 7.89. The Hall–Kier alpha value is -2.50. The highest BCUT2D eigenvalue weighted by molar-refractivity contribution is 6.42. The van der Waals surface area contributed by atoms with Crippen LogP contribution in [0.2, 0.25) is 10.0 Å². The first-order valence-electron chi connectivity index (χ1n) is 7.14. The number of nitrogens with one attached hydrogen (secondary N) is 3. The van der Waals surface area contributed by atoms with Crippen molar-refractivity contribution in [2.75, 3.05) is 0 Å². The van der Waals surface area contributed by atoms with Crippen LogP contribution in [0.4, 0.5) is 0 Å². The third-order valence-electron chi connectivity index (χ3n) is 3.52. The van der Waals surface area contributed by atoms with E-state index < -0.39 is 5.91 Å². The molecule has 0 unspecified atom stereocenters. The number of halogens is 2. The van der Waals surface area contributed by atoms with Gasteiger partial charge in [0.05, 0.1) is 16.5 Å². The highest BCUT2D eigenvalue weighted by Gasteiger charge is 2.11. The molecule has 2 amide bonds. The first kappa shape index (κ1) is 16.4. The number of rotatable bonds is 3. The van der Waals surface area contributed by atoms with E-state index in [1.54, 1.807) is 6.20 Å². The normalized spacial score (nSPS) is 10.6. The first-order chi connectivity index (χ1) is 11.5. The maximum atomic E-state index is 12.0. The second-order valence-electron chi connectivity index (χ2n) is 5.17. The molecule has 3 aromatic rings. The van der Waals surface area contributed by atoms with E-state index in [1.165, 1.54) is 18.2 Å². The van der Waals surface area contributed by atoms with Crippen LogP contribution in [0.1, 0.15) is 15.9 Å². The van der Waals surface area contributed by atoms with E-state index in [0.717, 1.165) is 16.5 Å². The lowest BCUT2D eigenvalue weighted by atomic mass is 10.1. The number of carbonyl (C=O) groups is 2. The van der Waals surface area contributed by atoms with E-state index in [4.69, 9.17) is 23.2 Å². The van der Waals surface area contributed by atoms with Crippen molar-refractivity contribution in [3.05, 3.63) is 69.8 Å². The van der Waals surface area contributed by atoms with Gasteiger partial charge in [0.2, 0.25) is 5.91 Å². The Labute approximate surface area is 147 Å². The van der Waals surface area contributed by atoms with Gasteiger partial charge in [-0.2, -0.15) is 0 Å². The molecule has 2 aromatic carbocycles. The van der Waals surface area contributed by atoms with Crippen molar-refractivity contribution in [2.45, 2.75) is 6.42 Å². The van der Waals surface area contributed by atoms with Gasteiger partial charge in [-0.1, -0.05) is 41.4 Å². The Morgan fingerprint density at radius 2 is 1.79 bits per heavy atom. The molecule has 0 aliphatic rings. The molecule has 0 spiro atoms. The zero-order chi connectivity index (χ0) is 17.1. The van der Waals surface area contributed by atoms with Crippen LogP contribution >= 0.6 is 23.2 Å². The molecule has 3 N–H and O–H groups in total. The molecule has 5 nitrogen and oxygen atoms in total. The molecular formula is C17H13Cl2N3O2. The standard InChI is InChI=1S/C17H13Cl2N3O2/c18-13-6-5-10(7-14(13)19)17(24)22-21-16(23)8-11-9-20-15-4-2-1-3-12(11)15/h1-7,9,20H,8H2,(H,21,23)(H,22,24). The van der Waals surface area contributed by atoms with E-state index in [2.05, 4.69) is 15.8 Å². The Balaban J connectivity index is 1.61. The number of amides is 2. The topological polar surface area (TPSA) is 74.0 Å². The second-order valence-corrected chi connectivity index (χ2v) is 5.98. The number of aromatic amines is 1. The van der Waals surface area contributed by atoms with Crippen molar-refractivity contribution in [3.8, 4) is 0 Å². The number of hydrogen-bond donors (Lipinski definition) is 3. The molecule has 0 radical (unpaired) electrons. The van der Waals surface area contributed by atoms with Gasteiger partial charge in [-0.15, -0.1) is 0 Å². The van der Waals surface area contributed by atoms with Crippen LogP contribution in [0.5, 0.6) is 0 Å². The SMILES string of the molecule is O=C(Cc1c[nH]c2ccccc12)NNC(=O)c1ccc(Cl)c(Cl)c1. The quantitative estimate of drug-likeness (QED) is 0.624. The molecule has 0 saturated heterocycles. The fourth-order valence-corrected chi connectivity index (χ4v) is 2.63. The third-order valence-corrected chi connectivity index (χ3v) is 4.26. The van der Waals surface area contributed by atoms with Crippen molar-refractivity contribution in [1.82, 2.24) is 15.8 Å². The average molecular weight is 362 g/mol. The van der Waals surface area contributed by atoms with Crippen LogP contribution in [0.25, 0.3) is 10.9 Å². The number of para-hydroxylation sites is 1. The van der Waals surface area contributed by atoms with Gasteiger partial charge in [-0.25, -0.2) is 0 Å². The number of fused-ring (bicyclic) bond motifs is 1. The fraction of sp³-hybridized carbons (Fsp3) is 0.0588. The van der Waals surface area contributed by atoms with Gasteiger partial charge in [0, 0.05) is 22.7 Å². The predicted molar refractivity (Wildman–Crippen MR) is 94.1 cm³/mol. The van der Waals surface area contributed by atoms with Gasteiger partial charge in [0.25, 0.3) is 5.91 Å². The van der Waals surface area contributed by atoms with Crippen molar-refractivity contribution < 1.29 is 9.59 Å². The molecule has 122 valence electrons. The summed E-state index contributed by atoms with van der Waals surface area (Å²) in [6, 6.07) is 12.2. The molecule has 1 heterocycles. The fourth-order valence-electron chi connectivity index (χ4n) is 2.33. The highest BCUT2D eigenvalue weighted by atomic mass is 35.5. The van der Waals surface area contributed by atoms with E-state index in [-0.39, 0.29) is 17.4 Å². The van der Waals surface area contributed by atoms with Crippen molar-refractivity contribution >= 4 is 45.9 Å². The molecule has 3 rings (SSSR count). The average Bonchev–Trinajstić information content (AvgIpc) is 2.98. The monoisotopic (exact) mass is 361 g/mol. The smallest absolute Gasteiger partial charge is 0.269 e. The van der Waals surface area contributed by atoms with Crippen molar-refractivity contribution in [2.24, 2.45) is 0 Å². The Kier molecular flexibility index (Phi) is 4.74. The Morgan fingerprint density at radius 1 is 1.00 bits per heavy atom. The van der Waals surface area contributed by atoms with Crippen LogP contribution < -0.4 is 10.9 Å². The van der Waals surface area contributed by atoms with Gasteiger partial charge in [-0.3, -0.25) is 20.4 Å². The summed E-state index contributed by atoms with van der Waals surface area (Å²) in [7, 11) is 0. The molecular weight excluding hydrogens is 349 g/mol. The third kappa shape index (κ3) is 3.53. The number of H-pyrrole nitrogens is 1. The highest BCUT2D eigenvalue weighted by Crippen LogP contribution is 2.22. The van der Waals surface area contributed by atoms with Gasteiger partial charge in [-0.05, 0) is 29.8 Å². The zero-order valence-electron chi connectivity index (χ0n) is 12.4. The molecule has 1 aromatic heterocycles.